The van der Waals surface area contributed by atoms with Crippen LogP contribution in [0.3, 0.4) is 0 Å². The Morgan fingerprint density at radius 3 is 3.00 bits per heavy atom. The van der Waals surface area contributed by atoms with E-state index in [9.17, 15) is 4.79 Å². The Bertz CT molecular complexity index is 156. The zero-order chi connectivity index (χ0) is 9.52. The van der Waals surface area contributed by atoms with Gasteiger partial charge in [-0.15, -0.1) is 0 Å². The molecule has 1 atom stereocenters. The summed E-state index contributed by atoms with van der Waals surface area (Å²) in [5, 5.41) is 2.98. The number of carbonyl (C=O) groups is 1. The highest BCUT2D eigenvalue weighted by atomic mass is 16.5. The van der Waals surface area contributed by atoms with Crippen molar-refractivity contribution < 1.29 is 9.53 Å². The second-order valence-electron chi connectivity index (χ2n) is 3.42. The Hall–Kier alpha value is -0.610. The lowest BCUT2D eigenvalue weighted by Gasteiger charge is -2.22. The van der Waals surface area contributed by atoms with E-state index in [4.69, 9.17) is 10.5 Å². The van der Waals surface area contributed by atoms with Crippen molar-refractivity contribution in [2.75, 3.05) is 19.7 Å². The van der Waals surface area contributed by atoms with Crippen LogP contribution in [0.2, 0.25) is 0 Å². The Morgan fingerprint density at radius 1 is 1.54 bits per heavy atom. The van der Waals surface area contributed by atoms with Gasteiger partial charge in [0.15, 0.2) is 0 Å². The van der Waals surface area contributed by atoms with Crippen LogP contribution in [0.25, 0.3) is 0 Å². The Kier molecular flexibility index (Phi) is 4.78. The standard InChI is InChI=1S/C9H18N2O2/c10-9(12)7-11-5-4-8-3-1-2-6-13-8/h8,11H,1-7H2,(H2,10,12). The maximum Gasteiger partial charge on any atom is 0.231 e. The van der Waals surface area contributed by atoms with E-state index in [2.05, 4.69) is 5.32 Å². The molecule has 1 unspecified atom stereocenters. The molecule has 1 amide bonds. The van der Waals surface area contributed by atoms with Crippen LogP contribution in [-0.2, 0) is 9.53 Å². The van der Waals surface area contributed by atoms with Crippen molar-refractivity contribution in [1.82, 2.24) is 5.32 Å². The van der Waals surface area contributed by atoms with Crippen molar-refractivity contribution in [3.8, 4) is 0 Å². The lowest BCUT2D eigenvalue weighted by molar-refractivity contribution is -0.117. The van der Waals surface area contributed by atoms with Crippen LogP contribution in [0, 0.1) is 0 Å². The number of nitrogens with two attached hydrogens (primary N) is 1. The number of primary amides is 1. The third-order valence-electron chi connectivity index (χ3n) is 2.22. The number of hydrogen-bond acceptors (Lipinski definition) is 3. The third kappa shape index (κ3) is 4.85. The fourth-order valence-electron chi connectivity index (χ4n) is 1.51. The number of carbonyl (C=O) groups excluding carboxylic acids is 1. The highest BCUT2D eigenvalue weighted by Crippen LogP contribution is 2.14. The number of hydrogen-bond donors (Lipinski definition) is 2. The molecule has 76 valence electrons. The van der Waals surface area contributed by atoms with E-state index < -0.39 is 0 Å². The molecule has 0 aromatic heterocycles. The van der Waals surface area contributed by atoms with E-state index in [1.807, 2.05) is 0 Å². The summed E-state index contributed by atoms with van der Waals surface area (Å²) in [7, 11) is 0. The van der Waals surface area contributed by atoms with Crippen LogP contribution in [0.1, 0.15) is 25.7 Å². The molecule has 4 nitrogen and oxygen atoms in total. The summed E-state index contributed by atoms with van der Waals surface area (Å²) >= 11 is 0. The van der Waals surface area contributed by atoms with Gasteiger partial charge in [-0.3, -0.25) is 4.79 Å². The first kappa shape index (κ1) is 10.5. The van der Waals surface area contributed by atoms with Gasteiger partial charge in [-0.05, 0) is 32.2 Å². The molecule has 0 aliphatic carbocycles. The molecule has 1 aliphatic heterocycles. The Balaban J connectivity index is 1.95. The molecule has 0 aromatic carbocycles. The largest absolute Gasteiger partial charge is 0.378 e. The van der Waals surface area contributed by atoms with Crippen LogP contribution in [-0.4, -0.2) is 31.7 Å². The average molecular weight is 186 g/mol. The van der Waals surface area contributed by atoms with E-state index in [1.54, 1.807) is 0 Å². The SMILES string of the molecule is NC(=O)CNCCC1CCCCO1. The Morgan fingerprint density at radius 2 is 2.38 bits per heavy atom. The van der Waals surface area contributed by atoms with Crippen LogP contribution in [0.5, 0.6) is 0 Å². The van der Waals surface area contributed by atoms with Gasteiger partial charge in [-0.25, -0.2) is 0 Å². The molecule has 1 aliphatic rings. The quantitative estimate of drug-likeness (QED) is 0.595. The lowest BCUT2D eigenvalue weighted by Crippen LogP contribution is -2.31. The predicted octanol–water partition coefficient (Wildman–Crippen LogP) is 0.0205. The highest BCUT2D eigenvalue weighted by molar-refractivity contribution is 5.75. The van der Waals surface area contributed by atoms with Gasteiger partial charge in [0.1, 0.15) is 0 Å². The molecule has 0 aromatic rings. The van der Waals surface area contributed by atoms with Crippen molar-refractivity contribution in [3.05, 3.63) is 0 Å². The topological polar surface area (TPSA) is 64.4 Å². The number of rotatable bonds is 5. The number of amides is 1. The van der Waals surface area contributed by atoms with Crippen molar-refractivity contribution in [1.29, 1.82) is 0 Å². The van der Waals surface area contributed by atoms with Crippen molar-refractivity contribution in [2.24, 2.45) is 5.73 Å². The maximum atomic E-state index is 10.4. The second-order valence-corrected chi connectivity index (χ2v) is 3.42. The summed E-state index contributed by atoms with van der Waals surface area (Å²) in [5.41, 5.74) is 4.98. The van der Waals surface area contributed by atoms with Crippen LogP contribution >= 0.6 is 0 Å². The van der Waals surface area contributed by atoms with Gasteiger partial charge >= 0.3 is 0 Å². The molecular weight excluding hydrogens is 168 g/mol. The summed E-state index contributed by atoms with van der Waals surface area (Å²) in [6, 6.07) is 0. The lowest BCUT2D eigenvalue weighted by atomic mass is 10.1. The van der Waals surface area contributed by atoms with Crippen molar-refractivity contribution in [3.63, 3.8) is 0 Å². The van der Waals surface area contributed by atoms with Gasteiger partial charge in [0.05, 0.1) is 12.6 Å². The molecule has 1 fully saturated rings. The molecule has 0 saturated carbocycles. The Labute approximate surface area is 78.8 Å². The summed E-state index contributed by atoms with van der Waals surface area (Å²) < 4.78 is 5.53. The summed E-state index contributed by atoms with van der Waals surface area (Å²) in [5.74, 6) is -0.301. The van der Waals surface area contributed by atoms with Gasteiger partial charge in [0.2, 0.25) is 5.91 Å². The van der Waals surface area contributed by atoms with Gasteiger partial charge in [-0.2, -0.15) is 0 Å². The predicted molar refractivity (Wildman–Crippen MR) is 50.3 cm³/mol. The molecule has 0 bridgehead atoms. The third-order valence-corrected chi connectivity index (χ3v) is 2.22. The normalized spacial score (nSPS) is 22.9. The molecule has 0 spiro atoms. The minimum absolute atomic E-state index is 0.271. The number of nitrogens with one attached hydrogen (secondary N) is 1. The molecular formula is C9H18N2O2. The van der Waals surface area contributed by atoms with Gasteiger partial charge in [0.25, 0.3) is 0 Å². The fraction of sp³-hybridized carbons (Fsp3) is 0.889. The van der Waals surface area contributed by atoms with E-state index in [0.717, 1.165) is 26.0 Å². The smallest absolute Gasteiger partial charge is 0.231 e. The minimum Gasteiger partial charge on any atom is -0.378 e. The van der Waals surface area contributed by atoms with Crippen LogP contribution < -0.4 is 11.1 Å². The van der Waals surface area contributed by atoms with E-state index in [0.29, 0.717) is 6.10 Å². The van der Waals surface area contributed by atoms with Crippen LogP contribution in [0.4, 0.5) is 0 Å². The van der Waals surface area contributed by atoms with E-state index in [1.165, 1.54) is 12.8 Å². The first-order valence-corrected chi connectivity index (χ1v) is 4.89. The first-order valence-electron chi connectivity index (χ1n) is 4.89. The summed E-state index contributed by atoms with van der Waals surface area (Å²) in [4.78, 5) is 10.4. The first-order chi connectivity index (χ1) is 6.29. The van der Waals surface area contributed by atoms with E-state index >= 15 is 0 Å². The summed E-state index contributed by atoms with van der Waals surface area (Å²) in [6.45, 7) is 1.97. The molecule has 13 heavy (non-hydrogen) atoms. The zero-order valence-corrected chi connectivity index (χ0v) is 7.92. The maximum absolute atomic E-state index is 10.4. The molecule has 1 rings (SSSR count). The second kappa shape index (κ2) is 5.94. The zero-order valence-electron chi connectivity index (χ0n) is 7.92. The van der Waals surface area contributed by atoms with Crippen molar-refractivity contribution >= 4 is 5.91 Å². The number of ether oxygens (including phenoxy) is 1. The van der Waals surface area contributed by atoms with Crippen LogP contribution in [0.15, 0.2) is 0 Å². The molecule has 4 heteroatoms. The van der Waals surface area contributed by atoms with Gasteiger partial charge in [0, 0.05) is 6.61 Å². The summed E-state index contributed by atoms with van der Waals surface area (Å²) in [6.07, 6.45) is 4.96. The van der Waals surface area contributed by atoms with Gasteiger partial charge < -0.3 is 15.8 Å². The van der Waals surface area contributed by atoms with Crippen molar-refractivity contribution in [2.45, 2.75) is 31.8 Å². The molecule has 1 saturated heterocycles. The molecule has 3 N–H and O–H groups in total. The minimum atomic E-state index is -0.301. The van der Waals surface area contributed by atoms with Gasteiger partial charge in [-0.1, -0.05) is 0 Å². The fourth-order valence-corrected chi connectivity index (χ4v) is 1.51. The monoisotopic (exact) mass is 186 g/mol. The van der Waals surface area contributed by atoms with E-state index in [-0.39, 0.29) is 12.5 Å². The molecule has 1 heterocycles. The molecule has 0 radical (unpaired) electrons. The average Bonchev–Trinajstić information content (AvgIpc) is 2.14. The highest BCUT2D eigenvalue weighted by Gasteiger charge is 2.12.